The van der Waals surface area contributed by atoms with Crippen molar-refractivity contribution >= 4 is 22.9 Å². The Morgan fingerprint density at radius 3 is 3.14 bits per heavy atom. The van der Waals surface area contributed by atoms with Gasteiger partial charge in [0.2, 0.25) is 0 Å². The van der Waals surface area contributed by atoms with Gasteiger partial charge in [-0.2, -0.15) is 4.98 Å². The van der Waals surface area contributed by atoms with Gasteiger partial charge in [-0.15, -0.1) is 11.3 Å². The lowest BCUT2D eigenvalue weighted by Gasteiger charge is -1.88. The van der Waals surface area contributed by atoms with Crippen molar-refractivity contribution in [2.24, 2.45) is 0 Å². The van der Waals surface area contributed by atoms with Crippen LogP contribution in [0.25, 0.3) is 10.8 Å². The van der Waals surface area contributed by atoms with Gasteiger partial charge in [0, 0.05) is 0 Å². The van der Waals surface area contributed by atoms with Gasteiger partial charge in [0.1, 0.15) is 4.88 Å². The minimum Gasteiger partial charge on any atom is -0.333 e. The van der Waals surface area contributed by atoms with Crippen molar-refractivity contribution < 1.29 is 4.52 Å². The number of nitrogens with one attached hydrogen (secondary N) is 1. The molecular weight excluding hydrogens is 222 g/mol. The molecule has 4 nitrogen and oxygen atoms in total. The third-order valence-corrected chi connectivity index (χ3v) is 2.94. The first kappa shape index (κ1) is 9.64. The highest BCUT2D eigenvalue weighted by molar-refractivity contribution is 7.14. The van der Waals surface area contributed by atoms with Crippen molar-refractivity contribution in [3.63, 3.8) is 0 Å². The predicted molar refractivity (Wildman–Crippen MR) is 55.4 cm³/mol. The van der Waals surface area contributed by atoms with Gasteiger partial charge in [0.15, 0.2) is 5.82 Å². The first-order valence-corrected chi connectivity index (χ1v) is 5.27. The van der Waals surface area contributed by atoms with Gasteiger partial charge in [0.05, 0.1) is 11.6 Å². The lowest BCUT2D eigenvalue weighted by atomic mass is 10.4. The zero-order chi connectivity index (χ0) is 9.97. The van der Waals surface area contributed by atoms with E-state index >= 15 is 0 Å². The summed E-state index contributed by atoms with van der Waals surface area (Å²) in [6.45, 7) is 0.590. The molecule has 0 aliphatic carbocycles. The van der Waals surface area contributed by atoms with E-state index in [-0.39, 0.29) is 0 Å². The maximum Gasteiger partial charge on any atom is 0.269 e. The van der Waals surface area contributed by atoms with Gasteiger partial charge < -0.3 is 9.84 Å². The molecule has 0 bridgehead atoms. The zero-order valence-corrected chi connectivity index (χ0v) is 9.02. The molecule has 0 spiro atoms. The lowest BCUT2D eigenvalue weighted by molar-refractivity contribution is 0.421. The molecule has 1 N–H and O–H groups in total. The normalized spacial score (nSPS) is 10.7. The molecule has 6 heteroatoms. The van der Waals surface area contributed by atoms with Crippen LogP contribution in [0.1, 0.15) is 5.82 Å². The summed E-state index contributed by atoms with van der Waals surface area (Å²) in [4.78, 5) is 5.01. The summed E-state index contributed by atoms with van der Waals surface area (Å²) in [5.74, 6) is 1.11. The second-order valence-corrected chi connectivity index (χ2v) is 3.97. The third-order valence-electron chi connectivity index (χ3n) is 1.61. The fraction of sp³-hybridized carbons (Fsp3) is 0.250. The Morgan fingerprint density at radius 1 is 1.64 bits per heavy atom. The predicted octanol–water partition coefficient (Wildman–Crippen LogP) is 2.17. The maximum atomic E-state index is 5.93. The van der Waals surface area contributed by atoms with E-state index in [0.29, 0.717) is 23.3 Å². The standard InChI is InChI=1S/C8H8ClN3OS/c1-10-4-6-11-8(13-12-6)7-5(9)2-3-14-7/h2-3,10H,4H2,1H3. The summed E-state index contributed by atoms with van der Waals surface area (Å²) in [5.41, 5.74) is 0. The Balaban J connectivity index is 2.29. The minimum atomic E-state index is 0.482. The summed E-state index contributed by atoms with van der Waals surface area (Å²) in [6.07, 6.45) is 0. The van der Waals surface area contributed by atoms with Crippen molar-refractivity contribution in [3.8, 4) is 10.8 Å². The van der Waals surface area contributed by atoms with Crippen LogP contribution in [0, 0.1) is 0 Å². The highest BCUT2D eigenvalue weighted by Crippen LogP contribution is 2.31. The van der Waals surface area contributed by atoms with Crippen molar-refractivity contribution in [3.05, 3.63) is 22.3 Å². The van der Waals surface area contributed by atoms with E-state index in [1.165, 1.54) is 11.3 Å². The van der Waals surface area contributed by atoms with Crippen LogP contribution >= 0.6 is 22.9 Å². The average Bonchev–Trinajstić information content (AvgIpc) is 2.74. The van der Waals surface area contributed by atoms with Gasteiger partial charge >= 0.3 is 0 Å². The summed E-state index contributed by atoms with van der Waals surface area (Å²) in [6, 6.07) is 1.81. The molecule has 0 fully saturated rings. The van der Waals surface area contributed by atoms with Crippen LogP contribution in [0.5, 0.6) is 0 Å². The molecule has 0 aromatic carbocycles. The van der Waals surface area contributed by atoms with Gasteiger partial charge in [-0.3, -0.25) is 0 Å². The van der Waals surface area contributed by atoms with E-state index in [0.717, 1.165) is 4.88 Å². The molecule has 2 aromatic rings. The number of nitrogens with zero attached hydrogens (tertiary/aromatic N) is 2. The first-order chi connectivity index (χ1) is 6.81. The van der Waals surface area contributed by atoms with Gasteiger partial charge in [-0.05, 0) is 18.5 Å². The Hall–Kier alpha value is -0.910. The number of aromatic nitrogens is 2. The molecular formula is C8H8ClN3OS. The Labute approximate surface area is 89.9 Å². The van der Waals surface area contributed by atoms with E-state index in [2.05, 4.69) is 15.5 Å². The topological polar surface area (TPSA) is 51.0 Å². The fourth-order valence-corrected chi connectivity index (χ4v) is 2.08. The zero-order valence-electron chi connectivity index (χ0n) is 7.45. The van der Waals surface area contributed by atoms with E-state index < -0.39 is 0 Å². The molecule has 0 atom stereocenters. The van der Waals surface area contributed by atoms with Crippen LogP contribution in [0.15, 0.2) is 16.0 Å². The van der Waals surface area contributed by atoms with E-state index in [4.69, 9.17) is 16.1 Å². The SMILES string of the molecule is CNCc1noc(-c2sccc2Cl)n1. The van der Waals surface area contributed by atoms with Crippen LogP contribution in [0.4, 0.5) is 0 Å². The summed E-state index contributed by atoms with van der Waals surface area (Å²) >= 11 is 7.41. The first-order valence-electron chi connectivity index (χ1n) is 4.02. The third kappa shape index (κ3) is 1.79. The van der Waals surface area contributed by atoms with Crippen molar-refractivity contribution in [2.75, 3.05) is 7.05 Å². The van der Waals surface area contributed by atoms with Crippen LogP contribution < -0.4 is 5.32 Å². The molecule has 0 aliphatic heterocycles. The summed E-state index contributed by atoms with van der Waals surface area (Å²) in [5, 5.41) is 9.28. The van der Waals surface area contributed by atoms with Gasteiger partial charge in [-0.25, -0.2) is 0 Å². The number of halogens is 1. The van der Waals surface area contributed by atoms with Crippen molar-refractivity contribution in [1.29, 1.82) is 0 Å². The minimum absolute atomic E-state index is 0.482. The molecule has 2 rings (SSSR count). The van der Waals surface area contributed by atoms with E-state index in [1.54, 1.807) is 0 Å². The smallest absolute Gasteiger partial charge is 0.269 e. The molecule has 0 saturated carbocycles. The number of hydrogen-bond acceptors (Lipinski definition) is 5. The fourth-order valence-electron chi connectivity index (χ4n) is 1.02. The Kier molecular flexibility index (Phi) is 2.81. The van der Waals surface area contributed by atoms with Crippen LogP contribution in [-0.2, 0) is 6.54 Å². The maximum absolute atomic E-state index is 5.93. The largest absolute Gasteiger partial charge is 0.333 e. The molecule has 74 valence electrons. The molecule has 2 heterocycles. The number of thiophene rings is 1. The van der Waals surface area contributed by atoms with Gasteiger partial charge in [0.25, 0.3) is 5.89 Å². The quantitative estimate of drug-likeness (QED) is 0.877. The Morgan fingerprint density at radius 2 is 2.50 bits per heavy atom. The Bertz CT molecular complexity index is 426. The highest BCUT2D eigenvalue weighted by atomic mass is 35.5. The number of hydrogen-bond donors (Lipinski definition) is 1. The summed E-state index contributed by atoms with van der Waals surface area (Å²) < 4.78 is 5.07. The number of rotatable bonds is 3. The molecule has 2 aromatic heterocycles. The molecule has 0 unspecified atom stereocenters. The highest BCUT2D eigenvalue weighted by Gasteiger charge is 2.12. The second kappa shape index (κ2) is 4.08. The molecule has 14 heavy (non-hydrogen) atoms. The summed E-state index contributed by atoms with van der Waals surface area (Å²) in [7, 11) is 1.83. The monoisotopic (exact) mass is 229 g/mol. The molecule has 0 radical (unpaired) electrons. The molecule has 0 aliphatic rings. The van der Waals surface area contributed by atoms with E-state index in [1.807, 2.05) is 18.5 Å². The molecule has 0 amide bonds. The van der Waals surface area contributed by atoms with Crippen LogP contribution in [0.3, 0.4) is 0 Å². The van der Waals surface area contributed by atoms with Crippen molar-refractivity contribution in [1.82, 2.24) is 15.5 Å². The van der Waals surface area contributed by atoms with Crippen LogP contribution in [-0.4, -0.2) is 17.2 Å². The van der Waals surface area contributed by atoms with E-state index in [9.17, 15) is 0 Å². The molecule has 0 saturated heterocycles. The van der Waals surface area contributed by atoms with Gasteiger partial charge in [-0.1, -0.05) is 16.8 Å². The van der Waals surface area contributed by atoms with Crippen molar-refractivity contribution in [2.45, 2.75) is 6.54 Å². The second-order valence-electron chi connectivity index (χ2n) is 2.64. The van der Waals surface area contributed by atoms with Crippen LogP contribution in [0.2, 0.25) is 5.02 Å². The average molecular weight is 230 g/mol. The lowest BCUT2D eigenvalue weighted by Crippen LogP contribution is -2.06.